The smallest absolute Gasteiger partial charge is 0.188 e. The molecule has 57 heavy (non-hydrogen) atoms. The molecule has 0 N–H and O–H groups in total. The zero-order chi connectivity index (χ0) is 40.3. The van der Waals surface area contributed by atoms with Gasteiger partial charge in [0.2, 0.25) is 0 Å². The Kier molecular flexibility index (Phi) is 8.43. The quantitative estimate of drug-likeness (QED) is 0.116. The summed E-state index contributed by atoms with van der Waals surface area (Å²) in [5.74, 6) is 0.811. The first-order chi connectivity index (χ1) is 28.7. The molecule has 0 aliphatic rings. The van der Waals surface area contributed by atoms with Gasteiger partial charge in [0.15, 0.2) is 17.4 Å². The number of aryl methyl sites for hydroxylation is 3. The molecule has 0 aliphatic carbocycles. The van der Waals surface area contributed by atoms with Crippen LogP contribution in [0.3, 0.4) is 0 Å². The van der Waals surface area contributed by atoms with E-state index in [1.165, 1.54) is 21.3 Å². The minimum Gasteiger partial charge on any atom is -0.319 e. The van der Waals surface area contributed by atoms with Gasteiger partial charge in [0.1, 0.15) is 5.82 Å². The Morgan fingerprint density at radius 2 is 1.23 bits per heavy atom. The molecule has 0 aliphatic heterocycles. The summed E-state index contributed by atoms with van der Waals surface area (Å²) in [4.78, 5) is 5.01. The number of pyridine rings is 1. The van der Waals surface area contributed by atoms with Crippen LogP contribution in [0.2, 0.25) is 0 Å². The SMILES string of the molecule is [2H]C([2H])([2H])n1[cH+]n(-c2[c-]c(C(c3[c-]c4c(cc3)c3ccccc3n4-c3cc(-c4c(C)cccc4C)ccn3)(c3ccccc3)c3ccccc3)ccc2)c2ccccc21.[Pt]. The van der Waals surface area contributed by atoms with Gasteiger partial charge in [0.25, 0.3) is 0 Å². The summed E-state index contributed by atoms with van der Waals surface area (Å²) in [6, 6.07) is 66.3. The molecule has 0 bridgehead atoms. The van der Waals surface area contributed by atoms with Crippen molar-refractivity contribution in [3.8, 4) is 22.6 Å². The second-order valence-corrected chi connectivity index (χ2v) is 14.4. The number of aromatic nitrogens is 4. The molecular weight excluding hydrogens is 876 g/mol. The van der Waals surface area contributed by atoms with E-state index in [0.29, 0.717) is 5.52 Å². The van der Waals surface area contributed by atoms with E-state index in [0.717, 1.165) is 66.6 Å². The van der Waals surface area contributed by atoms with Gasteiger partial charge in [0, 0.05) is 67.1 Å². The Morgan fingerprint density at radius 3 is 1.95 bits per heavy atom. The number of nitrogens with zero attached hydrogens (tertiary/aromatic N) is 4. The van der Waals surface area contributed by atoms with Crippen molar-refractivity contribution in [2.45, 2.75) is 19.3 Å². The molecule has 0 saturated carbocycles. The fourth-order valence-electron chi connectivity index (χ4n) is 8.74. The third kappa shape index (κ3) is 5.86. The van der Waals surface area contributed by atoms with Gasteiger partial charge in [-0.1, -0.05) is 109 Å². The second-order valence-electron chi connectivity index (χ2n) is 14.4. The summed E-state index contributed by atoms with van der Waals surface area (Å²) >= 11 is 0. The molecule has 0 saturated heterocycles. The van der Waals surface area contributed by atoms with Crippen LogP contribution in [0.1, 0.15) is 37.5 Å². The minimum atomic E-state index is -2.36. The first kappa shape index (κ1) is 32.8. The van der Waals surface area contributed by atoms with E-state index < -0.39 is 12.4 Å². The maximum absolute atomic E-state index is 8.33. The van der Waals surface area contributed by atoms with Gasteiger partial charge < -0.3 is 4.57 Å². The van der Waals surface area contributed by atoms with Gasteiger partial charge in [-0.3, -0.25) is 0 Å². The molecule has 0 unspecified atom stereocenters. The Labute approximate surface area is 351 Å². The van der Waals surface area contributed by atoms with Crippen molar-refractivity contribution in [1.29, 1.82) is 0 Å². The van der Waals surface area contributed by atoms with Crippen LogP contribution in [-0.4, -0.2) is 18.7 Å². The summed E-state index contributed by atoms with van der Waals surface area (Å²) in [6.07, 6.45) is 3.57. The minimum absolute atomic E-state index is 0. The number of hydrogen-bond donors (Lipinski definition) is 0. The van der Waals surface area contributed by atoms with E-state index in [4.69, 9.17) is 9.10 Å². The van der Waals surface area contributed by atoms with E-state index in [1.807, 2.05) is 59.3 Å². The van der Waals surface area contributed by atoms with E-state index in [-0.39, 0.29) is 21.1 Å². The van der Waals surface area contributed by atoms with E-state index >= 15 is 0 Å². The van der Waals surface area contributed by atoms with Crippen molar-refractivity contribution >= 4 is 32.8 Å². The standard InChI is InChI=1S/C52H39N4.Pt/c1-36-16-14-17-37(2)51(36)38-30-31-53-50(32-38)56-46-25-11-10-24-44(46)45-29-28-42(34-49(45)56)52(39-18-6-4-7-19-39,40-20-8-5-9-21-40)41-22-15-23-43(33-41)55-35-54(3)47-26-12-13-27-48(47)55;/h4-32,35H,1-3H3;/q-1;/i3D3;. The normalized spacial score (nSPS) is 12.6. The molecule has 10 rings (SSSR count). The maximum atomic E-state index is 8.33. The number of hydrogen-bond acceptors (Lipinski definition) is 1. The third-order valence-electron chi connectivity index (χ3n) is 11.2. The third-order valence-corrected chi connectivity index (χ3v) is 11.2. The van der Waals surface area contributed by atoms with Gasteiger partial charge in [-0.15, -0.1) is 22.6 Å². The molecule has 0 amide bonds. The molecule has 5 heteroatoms. The number of fused-ring (bicyclic) bond motifs is 4. The molecule has 278 valence electrons. The average molecular weight is 918 g/mol. The maximum Gasteiger partial charge on any atom is 0.188 e. The number of rotatable bonds is 7. The molecule has 4 nitrogen and oxygen atoms in total. The number of imidazole rings is 1. The van der Waals surface area contributed by atoms with Gasteiger partial charge in [-0.2, -0.15) is 30.3 Å². The average Bonchev–Trinajstić information content (AvgIpc) is 3.82. The number of para-hydroxylation sites is 3. The van der Waals surface area contributed by atoms with E-state index in [1.54, 1.807) is 6.33 Å². The van der Waals surface area contributed by atoms with Gasteiger partial charge in [-0.25, -0.2) is 14.1 Å². The topological polar surface area (TPSA) is 27.7 Å². The molecule has 0 radical (unpaired) electrons. The van der Waals surface area contributed by atoms with Gasteiger partial charge >= 0.3 is 0 Å². The summed E-state index contributed by atoms with van der Waals surface area (Å²) in [5.41, 5.74) is 11.8. The Balaban J connectivity index is 0.00000462. The van der Waals surface area contributed by atoms with Crippen LogP contribution in [-0.2, 0) is 33.5 Å². The van der Waals surface area contributed by atoms with Crippen LogP contribution in [0.4, 0.5) is 0 Å². The largest absolute Gasteiger partial charge is 0.319 e. The van der Waals surface area contributed by atoms with Crippen molar-refractivity contribution in [3.05, 3.63) is 228 Å². The summed E-state index contributed by atoms with van der Waals surface area (Å²) in [7, 11) is 0. The predicted molar refractivity (Wildman–Crippen MR) is 230 cm³/mol. The summed E-state index contributed by atoms with van der Waals surface area (Å²) in [6.45, 7) is 1.95. The first-order valence-corrected chi connectivity index (χ1v) is 18.9. The Morgan fingerprint density at radius 1 is 0.596 bits per heavy atom. The fraction of sp³-hybridized carbons (Fsp3) is 0.0769. The molecule has 0 spiro atoms. The van der Waals surface area contributed by atoms with Crippen LogP contribution in [0.5, 0.6) is 0 Å². The summed E-state index contributed by atoms with van der Waals surface area (Å²) in [5, 5.41) is 2.19. The summed E-state index contributed by atoms with van der Waals surface area (Å²) < 4.78 is 30.5. The van der Waals surface area contributed by atoms with Crippen molar-refractivity contribution in [2.24, 2.45) is 6.98 Å². The van der Waals surface area contributed by atoms with Crippen molar-refractivity contribution in [2.75, 3.05) is 0 Å². The molecule has 10 aromatic rings. The van der Waals surface area contributed by atoms with Crippen LogP contribution in [0.25, 0.3) is 55.5 Å². The Hall–Kier alpha value is -6.35. The van der Waals surface area contributed by atoms with Crippen LogP contribution in [0.15, 0.2) is 182 Å². The van der Waals surface area contributed by atoms with Gasteiger partial charge in [-0.05, 0) is 82.9 Å². The van der Waals surface area contributed by atoms with E-state index in [2.05, 4.69) is 152 Å². The number of benzene rings is 7. The van der Waals surface area contributed by atoms with Crippen molar-refractivity contribution in [1.82, 2.24) is 18.7 Å². The monoisotopic (exact) mass is 917 g/mol. The van der Waals surface area contributed by atoms with Crippen molar-refractivity contribution in [3.63, 3.8) is 0 Å². The molecule has 7 aromatic carbocycles. The second kappa shape index (κ2) is 14.6. The molecule has 0 fully saturated rings. The predicted octanol–water partition coefficient (Wildman–Crippen LogP) is 12.0. The van der Waals surface area contributed by atoms with Crippen LogP contribution in [0, 0.1) is 26.0 Å². The molecule has 3 aromatic heterocycles. The van der Waals surface area contributed by atoms with E-state index in [9.17, 15) is 0 Å². The Bertz CT molecular complexity index is 3130. The fourth-order valence-corrected chi connectivity index (χ4v) is 8.74. The molecule has 0 atom stereocenters. The van der Waals surface area contributed by atoms with Crippen LogP contribution < -0.4 is 0 Å². The zero-order valence-corrected chi connectivity index (χ0v) is 33.7. The van der Waals surface area contributed by atoms with Crippen LogP contribution >= 0.6 is 0 Å². The zero-order valence-electron chi connectivity index (χ0n) is 34.4. The molecular formula is C52H39N4Pt-. The van der Waals surface area contributed by atoms with Gasteiger partial charge in [0.05, 0.1) is 0 Å². The van der Waals surface area contributed by atoms with Crippen molar-refractivity contribution < 1.29 is 25.2 Å². The molecule has 3 heterocycles. The first-order valence-electron chi connectivity index (χ1n) is 20.4.